The zero-order chi connectivity index (χ0) is 14.3. The van der Waals surface area contributed by atoms with Gasteiger partial charge in [0.15, 0.2) is 0 Å². The van der Waals surface area contributed by atoms with Crippen LogP contribution in [0.1, 0.15) is 33.6 Å². The molecule has 3 amide bonds. The van der Waals surface area contributed by atoms with Crippen LogP contribution in [0.4, 0.5) is 4.79 Å². The lowest BCUT2D eigenvalue weighted by Gasteiger charge is -2.38. The molecular weight excluding hydrogens is 260 g/mol. The third kappa shape index (κ3) is 1.93. The lowest BCUT2D eigenvalue weighted by atomic mass is 9.79. The van der Waals surface area contributed by atoms with Crippen LogP contribution in [0, 0.1) is 5.92 Å². The molecule has 1 aliphatic heterocycles. The van der Waals surface area contributed by atoms with Gasteiger partial charge < -0.3 is 10.4 Å². The summed E-state index contributed by atoms with van der Waals surface area (Å²) in [6, 6.07) is 6.57. The van der Waals surface area contributed by atoms with Crippen molar-refractivity contribution >= 4 is 17.9 Å². The Kier molecular flexibility index (Phi) is 2.93. The molecule has 20 heavy (non-hydrogen) atoms. The third-order valence-electron chi connectivity index (χ3n) is 4.02. The summed E-state index contributed by atoms with van der Waals surface area (Å²) in [6.45, 7) is 0.275. The maximum absolute atomic E-state index is 12.2. The first kappa shape index (κ1) is 12.7. The van der Waals surface area contributed by atoms with Crippen LogP contribution in [-0.4, -0.2) is 40.5 Å². The van der Waals surface area contributed by atoms with Crippen LogP contribution in [0.15, 0.2) is 24.3 Å². The summed E-state index contributed by atoms with van der Waals surface area (Å²) >= 11 is 0. The molecule has 1 aromatic carbocycles. The number of benzene rings is 1. The number of fused-ring (bicyclic) bond motifs is 1. The Morgan fingerprint density at radius 2 is 1.80 bits per heavy atom. The van der Waals surface area contributed by atoms with Gasteiger partial charge in [0, 0.05) is 12.6 Å². The zero-order valence-corrected chi connectivity index (χ0v) is 10.7. The number of carbonyl (C=O) groups is 3. The summed E-state index contributed by atoms with van der Waals surface area (Å²) in [4.78, 5) is 36.2. The number of nitrogens with zero attached hydrogens (tertiary/aromatic N) is 1. The molecule has 1 aromatic rings. The Balaban J connectivity index is 1.72. The fraction of sp³-hybridized carbons (Fsp3) is 0.357. The molecule has 6 nitrogen and oxygen atoms in total. The van der Waals surface area contributed by atoms with Gasteiger partial charge >= 0.3 is 6.09 Å². The van der Waals surface area contributed by atoms with Gasteiger partial charge in [-0.3, -0.25) is 14.5 Å². The summed E-state index contributed by atoms with van der Waals surface area (Å²) in [7, 11) is 0. The number of imide groups is 1. The van der Waals surface area contributed by atoms with E-state index in [4.69, 9.17) is 5.11 Å². The van der Waals surface area contributed by atoms with Crippen molar-refractivity contribution in [2.45, 2.75) is 18.9 Å². The minimum absolute atomic E-state index is 0.00770. The molecule has 0 saturated heterocycles. The second-order valence-corrected chi connectivity index (χ2v) is 5.16. The number of nitrogens with one attached hydrogen (secondary N) is 1. The van der Waals surface area contributed by atoms with Gasteiger partial charge in [0.05, 0.1) is 11.1 Å². The number of amides is 3. The quantitative estimate of drug-likeness (QED) is 0.814. The van der Waals surface area contributed by atoms with E-state index < -0.39 is 6.09 Å². The number of carboxylic acid groups (broad SMARTS) is 1. The van der Waals surface area contributed by atoms with Crippen LogP contribution >= 0.6 is 0 Å². The van der Waals surface area contributed by atoms with Crippen LogP contribution in [0.2, 0.25) is 0 Å². The highest BCUT2D eigenvalue weighted by molar-refractivity contribution is 6.21. The first-order valence-corrected chi connectivity index (χ1v) is 6.52. The molecule has 104 valence electrons. The molecule has 2 N–H and O–H groups in total. The van der Waals surface area contributed by atoms with Crippen molar-refractivity contribution < 1.29 is 19.5 Å². The number of hydrogen-bond acceptors (Lipinski definition) is 3. The predicted octanol–water partition coefficient (Wildman–Crippen LogP) is 1.33. The average molecular weight is 274 g/mol. The molecule has 1 fully saturated rings. The van der Waals surface area contributed by atoms with E-state index in [2.05, 4.69) is 5.32 Å². The summed E-state index contributed by atoms with van der Waals surface area (Å²) < 4.78 is 0. The Morgan fingerprint density at radius 3 is 2.25 bits per heavy atom. The predicted molar refractivity (Wildman–Crippen MR) is 69.5 cm³/mol. The van der Waals surface area contributed by atoms with Crippen molar-refractivity contribution in [3.8, 4) is 0 Å². The van der Waals surface area contributed by atoms with Gasteiger partial charge in [0.2, 0.25) is 0 Å². The lowest BCUT2D eigenvalue weighted by Crippen LogP contribution is -2.51. The van der Waals surface area contributed by atoms with Crippen LogP contribution in [0.3, 0.4) is 0 Å². The van der Waals surface area contributed by atoms with Crippen molar-refractivity contribution in [1.82, 2.24) is 10.2 Å². The maximum atomic E-state index is 12.2. The molecule has 1 heterocycles. The molecule has 3 rings (SSSR count). The normalized spacial score (nSPS) is 24.3. The molecular formula is C14H14N2O4. The van der Waals surface area contributed by atoms with E-state index in [0.717, 1.165) is 12.8 Å². The van der Waals surface area contributed by atoms with Gasteiger partial charge in [-0.15, -0.1) is 0 Å². The lowest BCUT2D eigenvalue weighted by molar-refractivity contribution is 0.0572. The molecule has 1 aliphatic carbocycles. The molecule has 0 spiro atoms. The van der Waals surface area contributed by atoms with E-state index in [1.54, 1.807) is 24.3 Å². The summed E-state index contributed by atoms with van der Waals surface area (Å²) in [5.41, 5.74) is 0.860. The largest absolute Gasteiger partial charge is 0.465 e. The third-order valence-corrected chi connectivity index (χ3v) is 4.02. The van der Waals surface area contributed by atoms with E-state index in [-0.39, 0.29) is 30.3 Å². The molecule has 0 bridgehead atoms. The van der Waals surface area contributed by atoms with Crippen LogP contribution < -0.4 is 5.32 Å². The van der Waals surface area contributed by atoms with E-state index in [0.29, 0.717) is 11.1 Å². The number of hydrogen-bond donors (Lipinski definition) is 2. The SMILES string of the molecule is O=C(O)NC1CCC1CN1C(=O)c2ccccc2C1=O. The Labute approximate surface area is 115 Å². The van der Waals surface area contributed by atoms with E-state index in [1.807, 2.05) is 0 Å². The highest BCUT2D eigenvalue weighted by Crippen LogP contribution is 2.31. The molecule has 2 aliphatic rings. The van der Waals surface area contributed by atoms with E-state index in [9.17, 15) is 14.4 Å². The van der Waals surface area contributed by atoms with Crippen LogP contribution in [-0.2, 0) is 0 Å². The number of rotatable bonds is 3. The Bertz CT molecular complexity index is 564. The van der Waals surface area contributed by atoms with Crippen molar-refractivity contribution in [2.24, 2.45) is 5.92 Å². The second kappa shape index (κ2) is 4.63. The van der Waals surface area contributed by atoms with Gasteiger partial charge in [-0.2, -0.15) is 0 Å². The topological polar surface area (TPSA) is 86.7 Å². The number of carbonyl (C=O) groups excluding carboxylic acids is 2. The Hall–Kier alpha value is -2.37. The van der Waals surface area contributed by atoms with E-state index in [1.165, 1.54) is 4.90 Å². The minimum atomic E-state index is -1.07. The van der Waals surface area contributed by atoms with E-state index >= 15 is 0 Å². The maximum Gasteiger partial charge on any atom is 0.404 e. The molecule has 0 aromatic heterocycles. The van der Waals surface area contributed by atoms with Gasteiger partial charge in [-0.1, -0.05) is 12.1 Å². The van der Waals surface area contributed by atoms with Crippen LogP contribution in [0.5, 0.6) is 0 Å². The smallest absolute Gasteiger partial charge is 0.404 e. The van der Waals surface area contributed by atoms with Gasteiger partial charge in [0.1, 0.15) is 0 Å². The molecule has 2 atom stereocenters. The van der Waals surface area contributed by atoms with Crippen molar-refractivity contribution in [1.29, 1.82) is 0 Å². The summed E-state index contributed by atoms with van der Waals surface area (Å²) in [5.74, 6) is -0.563. The minimum Gasteiger partial charge on any atom is -0.465 e. The fourth-order valence-electron chi connectivity index (χ4n) is 2.78. The summed E-state index contributed by atoms with van der Waals surface area (Å²) in [6.07, 6.45) is 0.500. The molecule has 2 unspecified atom stereocenters. The second-order valence-electron chi connectivity index (χ2n) is 5.16. The first-order chi connectivity index (χ1) is 9.58. The highest BCUT2D eigenvalue weighted by Gasteiger charge is 2.40. The van der Waals surface area contributed by atoms with Gasteiger partial charge in [-0.05, 0) is 30.9 Å². The molecule has 1 saturated carbocycles. The first-order valence-electron chi connectivity index (χ1n) is 6.52. The van der Waals surface area contributed by atoms with Crippen molar-refractivity contribution in [2.75, 3.05) is 6.54 Å². The standard InChI is InChI=1S/C14H14N2O4/c17-12-9-3-1-2-4-10(9)13(18)16(12)7-8-5-6-11(8)15-14(19)20/h1-4,8,11,15H,5-7H2,(H,19,20). The average Bonchev–Trinajstić information content (AvgIpc) is 2.65. The molecule has 6 heteroatoms. The van der Waals surface area contributed by atoms with Gasteiger partial charge in [-0.25, -0.2) is 4.79 Å². The van der Waals surface area contributed by atoms with Crippen molar-refractivity contribution in [3.05, 3.63) is 35.4 Å². The fourth-order valence-corrected chi connectivity index (χ4v) is 2.78. The van der Waals surface area contributed by atoms with Crippen LogP contribution in [0.25, 0.3) is 0 Å². The summed E-state index contributed by atoms with van der Waals surface area (Å²) in [5, 5.41) is 11.1. The van der Waals surface area contributed by atoms with Crippen molar-refractivity contribution in [3.63, 3.8) is 0 Å². The monoisotopic (exact) mass is 274 g/mol. The van der Waals surface area contributed by atoms with Gasteiger partial charge in [0.25, 0.3) is 11.8 Å². The zero-order valence-electron chi connectivity index (χ0n) is 10.7. The Morgan fingerprint density at radius 1 is 1.20 bits per heavy atom. The molecule has 0 radical (unpaired) electrons. The highest BCUT2D eigenvalue weighted by atomic mass is 16.4.